The fourth-order valence-corrected chi connectivity index (χ4v) is 5.11. The van der Waals surface area contributed by atoms with Gasteiger partial charge in [-0.1, -0.05) is 56.2 Å². The van der Waals surface area contributed by atoms with E-state index in [1.165, 1.54) is 0 Å². The van der Waals surface area contributed by atoms with Crippen molar-refractivity contribution in [3.05, 3.63) is 71.4 Å². The third kappa shape index (κ3) is 3.70. The van der Waals surface area contributed by atoms with Gasteiger partial charge in [-0.2, -0.15) is 0 Å². The number of nitrogens with zero attached hydrogens (tertiary/aromatic N) is 3. The summed E-state index contributed by atoms with van der Waals surface area (Å²) in [5, 5.41) is 1.09. The number of likely N-dealkylation sites (N-methyl/N-ethyl adjacent to an activating group) is 2. The van der Waals surface area contributed by atoms with Crippen LogP contribution in [-0.2, 0) is 11.8 Å². The Morgan fingerprint density at radius 2 is 1.69 bits per heavy atom. The molecule has 0 bridgehead atoms. The minimum Gasteiger partial charge on any atom is -0.350 e. The number of amides is 2. The molecule has 2 aromatic carbocycles. The molecule has 5 heteroatoms. The highest BCUT2D eigenvalue weighted by Gasteiger charge is 2.44. The molecule has 0 N–H and O–H groups in total. The van der Waals surface area contributed by atoms with Gasteiger partial charge in [0, 0.05) is 55.4 Å². The van der Waals surface area contributed by atoms with Crippen LogP contribution in [0.3, 0.4) is 0 Å². The van der Waals surface area contributed by atoms with E-state index in [1.54, 1.807) is 4.90 Å². The van der Waals surface area contributed by atoms with Crippen LogP contribution in [0.15, 0.2) is 54.7 Å². The van der Waals surface area contributed by atoms with Crippen molar-refractivity contribution < 1.29 is 9.59 Å². The van der Waals surface area contributed by atoms with Crippen molar-refractivity contribution in [2.75, 3.05) is 20.1 Å². The zero-order chi connectivity index (χ0) is 22.8. The molecule has 0 radical (unpaired) electrons. The Kier molecular flexibility index (Phi) is 6.35. The minimum atomic E-state index is -0.429. The van der Waals surface area contributed by atoms with Gasteiger partial charge < -0.3 is 14.4 Å². The molecule has 2 amide bonds. The van der Waals surface area contributed by atoms with E-state index in [0.717, 1.165) is 47.8 Å². The number of fused-ring (bicyclic) bond motifs is 2. The first-order valence-corrected chi connectivity index (χ1v) is 11.7. The second-order valence-electron chi connectivity index (χ2n) is 8.76. The number of para-hydroxylation sites is 1. The number of aromatic nitrogens is 1. The molecule has 0 saturated heterocycles. The first-order valence-electron chi connectivity index (χ1n) is 11.7. The van der Waals surface area contributed by atoms with Crippen molar-refractivity contribution in [1.82, 2.24) is 14.4 Å². The van der Waals surface area contributed by atoms with Crippen molar-refractivity contribution in [2.24, 2.45) is 7.05 Å². The molecule has 0 aliphatic carbocycles. The van der Waals surface area contributed by atoms with Crippen LogP contribution >= 0.6 is 0 Å². The average Bonchev–Trinajstić information content (AvgIpc) is 3.15. The van der Waals surface area contributed by atoms with Crippen LogP contribution in [0.2, 0.25) is 0 Å². The number of carbonyl (C=O) groups excluding carboxylic acids is 2. The van der Waals surface area contributed by atoms with E-state index in [4.69, 9.17) is 0 Å². The van der Waals surface area contributed by atoms with Crippen LogP contribution in [0.1, 0.15) is 66.6 Å². The summed E-state index contributed by atoms with van der Waals surface area (Å²) in [5.74, 6) is -0.355. The van der Waals surface area contributed by atoms with Crippen molar-refractivity contribution in [2.45, 2.75) is 45.1 Å². The number of carbonyl (C=O) groups is 2. The number of hydrogen-bond donors (Lipinski definition) is 0. The Morgan fingerprint density at radius 1 is 0.969 bits per heavy atom. The van der Waals surface area contributed by atoms with E-state index in [0.29, 0.717) is 12.1 Å². The molecule has 0 saturated carbocycles. The monoisotopic (exact) mass is 431 g/mol. The lowest BCUT2D eigenvalue weighted by Crippen LogP contribution is -2.47. The zero-order valence-corrected chi connectivity index (χ0v) is 19.5. The molecule has 3 aromatic rings. The molecule has 0 spiro atoms. The van der Waals surface area contributed by atoms with Gasteiger partial charge in [-0.25, -0.2) is 0 Å². The Labute approximate surface area is 190 Å². The topological polar surface area (TPSA) is 45.6 Å². The molecule has 32 heavy (non-hydrogen) atoms. The van der Waals surface area contributed by atoms with Crippen molar-refractivity contribution in [1.29, 1.82) is 0 Å². The van der Waals surface area contributed by atoms with E-state index < -0.39 is 5.92 Å². The van der Waals surface area contributed by atoms with Gasteiger partial charge in [-0.3, -0.25) is 9.59 Å². The SMILES string of the molecule is CCCCCN(CC)C(=O)C1c2ccccc2C(=O)N(C)C1c1cn(C)c2ccccc12. The third-order valence-corrected chi connectivity index (χ3v) is 6.82. The predicted molar refractivity (Wildman–Crippen MR) is 129 cm³/mol. The van der Waals surface area contributed by atoms with Crippen LogP contribution in [-0.4, -0.2) is 46.3 Å². The summed E-state index contributed by atoms with van der Waals surface area (Å²) >= 11 is 0. The highest BCUT2D eigenvalue weighted by molar-refractivity contribution is 6.02. The molecule has 2 atom stereocenters. The maximum Gasteiger partial charge on any atom is 0.254 e. The summed E-state index contributed by atoms with van der Waals surface area (Å²) in [6.07, 6.45) is 5.31. The van der Waals surface area contributed by atoms with E-state index >= 15 is 0 Å². The molecular weight excluding hydrogens is 398 g/mol. The lowest BCUT2D eigenvalue weighted by molar-refractivity contribution is -0.134. The summed E-state index contributed by atoms with van der Waals surface area (Å²) in [6, 6.07) is 15.5. The van der Waals surface area contributed by atoms with E-state index in [-0.39, 0.29) is 17.9 Å². The summed E-state index contributed by atoms with van der Waals surface area (Å²) < 4.78 is 2.09. The number of hydrogen-bond acceptors (Lipinski definition) is 2. The summed E-state index contributed by atoms with van der Waals surface area (Å²) in [5.41, 5.74) is 3.60. The number of unbranched alkanes of at least 4 members (excludes halogenated alkanes) is 2. The van der Waals surface area contributed by atoms with Gasteiger partial charge in [0.25, 0.3) is 5.91 Å². The van der Waals surface area contributed by atoms with E-state index in [1.807, 2.05) is 62.3 Å². The number of benzene rings is 2. The lowest BCUT2D eigenvalue weighted by atomic mass is 9.79. The molecule has 1 aliphatic heterocycles. The maximum absolute atomic E-state index is 14.0. The number of rotatable bonds is 7. The molecule has 1 aliphatic rings. The highest BCUT2D eigenvalue weighted by Crippen LogP contribution is 2.45. The minimum absolute atomic E-state index is 0.0309. The molecule has 5 nitrogen and oxygen atoms in total. The lowest BCUT2D eigenvalue weighted by Gasteiger charge is -2.41. The van der Waals surface area contributed by atoms with Crippen molar-refractivity contribution in [3.8, 4) is 0 Å². The van der Waals surface area contributed by atoms with Crippen LogP contribution < -0.4 is 0 Å². The third-order valence-electron chi connectivity index (χ3n) is 6.82. The fraction of sp³-hybridized carbons (Fsp3) is 0.407. The zero-order valence-electron chi connectivity index (χ0n) is 19.5. The molecule has 2 heterocycles. The van der Waals surface area contributed by atoms with E-state index in [2.05, 4.69) is 29.8 Å². The van der Waals surface area contributed by atoms with Crippen LogP contribution in [0.25, 0.3) is 10.9 Å². The standard InChI is InChI=1S/C27H33N3O2/c1-5-7-12-17-30(6-2)27(32)24-20-14-8-9-15-21(20)26(31)29(4)25(24)22-18-28(3)23-16-11-10-13-19(22)23/h8-11,13-16,18,24-25H,5-7,12,17H2,1-4H3. The van der Waals surface area contributed by atoms with E-state index in [9.17, 15) is 9.59 Å². The Morgan fingerprint density at radius 3 is 2.44 bits per heavy atom. The van der Waals surface area contributed by atoms with Crippen molar-refractivity contribution in [3.63, 3.8) is 0 Å². The van der Waals surface area contributed by atoms with Gasteiger partial charge in [-0.05, 0) is 31.0 Å². The highest BCUT2D eigenvalue weighted by atomic mass is 16.2. The Balaban J connectivity index is 1.86. The summed E-state index contributed by atoms with van der Waals surface area (Å²) in [6.45, 7) is 5.63. The molecular formula is C27H33N3O2. The summed E-state index contributed by atoms with van der Waals surface area (Å²) in [7, 11) is 3.85. The maximum atomic E-state index is 14.0. The first-order chi connectivity index (χ1) is 15.5. The van der Waals surface area contributed by atoms with Crippen LogP contribution in [0.5, 0.6) is 0 Å². The normalized spacial score (nSPS) is 18.1. The van der Waals surface area contributed by atoms with Crippen LogP contribution in [0.4, 0.5) is 0 Å². The molecule has 4 rings (SSSR count). The van der Waals surface area contributed by atoms with Gasteiger partial charge in [0.1, 0.15) is 0 Å². The molecule has 0 fully saturated rings. The first kappa shape index (κ1) is 22.1. The molecule has 168 valence electrons. The molecule has 2 unspecified atom stereocenters. The van der Waals surface area contributed by atoms with Gasteiger partial charge >= 0.3 is 0 Å². The quantitative estimate of drug-likeness (QED) is 0.487. The van der Waals surface area contributed by atoms with Gasteiger partial charge in [0.2, 0.25) is 5.91 Å². The smallest absolute Gasteiger partial charge is 0.254 e. The predicted octanol–water partition coefficient (Wildman–Crippen LogP) is 5.13. The van der Waals surface area contributed by atoms with Gasteiger partial charge in [0.15, 0.2) is 0 Å². The Bertz CT molecular complexity index is 1130. The second-order valence-corrected chi connectivity index (χ2v) is 8.76. The largest absolute Gasteiger partial charge is 0.350 e. The Hall–Kier alpha value is -3.08. The van der Waals surface area contributed by atoms with Crippen molar-refractivity contribution >= 4 is 22.7 Å². The second kappa shape index (κ2) is 9.19. The van der Waals surface area contributed by atoms with Gasteiger partial charge in [-0.15, -0.1) is 0 Å². The number of aryl methyl sites for hydroxylation is 1. The summed E-state index contributed by atoms with van der Waals surface area (Å²) in [4.78, 5) is 31.1. The van der Waals surface area contributed by atoms with Gasteiger partial charge in [0.05, 0.1) is 12.0 Å². The van der Waals surface area contributed by atoms with Crippen LogP contribution in [0, 0.1) is 0 Å². The average molecular weight is 432 g/mol. The fourth-order valence-electron chi connectivity index (χ4n) is 5.11. The molecule has 1 aromatic heterocycles.